The van der Waals surface area contributed by atoms with Crippen molar-refractivity contribution < 1.29 is 28.2 Å². The largest absolute Gasteiger partial charge is 0.456 e. The predicted molar refractivity (Wildman–Crippen MR) is 191 cm³/mol. The minimum atomic E-state index is -0.999. The van der Waals surface area contributed by atoms with Gasteiger partial charge in [-0.05, 0) is 105 Å². The van der Waals surface area contributed by atoms with Gasteiger partial charge in [0, 0.05) is 49.9 Å². The normalized spacial score (nSPS) is 16.5. The van der Waals surface area contributed by atoms with E-state index >= 15 is 0 Å². The van der Waals surface area contributed by atoms with Gasteiger partial charge in [-0.3, -0.25) is 14.6 Å². The molecular weight excluding hydrogens is 659 g/mol. The fraction of sp³-hybridized carbons (Fsp3) is 0.333. The Morgan fingerprint density at radius 2 is 1.68 bits per heavy atom. The number of nitrogens with zero attached hydrogens (tertiary/aromatic N) is 3. The SMILES string of the molecule is COC1CCN(c2cccc3c2CCN(C(=O)c2cc(-c4cccc(Cl)c4F)ccn2)C3C(=O)Nc2ccc(C(=O)OC(C)(C)C)cc2)CC1. The number of hydrogen-bond acceptors (Lipinski definition) is 7. The van der Waals surface area contributed by atoms with Gasteiger partial charge in [0.1, 0.15) is 23.2 Å². The number of rotatable bonds is 7. The minimum Gasteiger partial charge on any atom is -0.456 e. The molecular formula is C39H40ClFN4O5. The zero-order chi connectivity index (χ0) is 35.6. The average molecular weight is 699 g/mol. The van der Waals surface area contributed by atoms with Crippen LogP contribution in [0.15, 0.2) is 79.0 Å². The van der Waals surface area contributed by atoms with Crippen LogP contribution in [0, 0.1) is 5.82 Å². The molecule has 3 aromatic carbocycles. The Hall–Kier alpha value is -4.80. The van der Waals surface area contributed by atoms with Gasteiger partial charge in [0.25, 0.3) is 11.8 Å². The van der Waals surface area contributed by atoms with Crippen molar-refractivity contribution in [1.29, 1.82) is 0 Å². The van der Waals surface area contributed by atoms with Crippen LogP contribution in [0.2, 0.25) is 5.02 Å². The van der Waals surface area contributed by atoms with Crippen molar-refractivity contribution in [2.45, 2.75) is 57.8 Å². The quantitative estimate of drug-likeness (QED) is 0.200. The Labute approximate surface area is 296 Å². The number of halogens is 2. The molecule has 1 unspecified atom stereocenters. The molecule has 1 atom stereocenters. The molecule has 1 N–H and O–H groups in total. The van der Waals surface area contributed by atoms with Gasteiger partial charge >= 0.3 is 5.97 Å². The van der Waals surface area contributed by atoms with Crippen molar-refractivity contribution in [1.82, 2.24) is 9.88 Å². The molecule has 260 valence electrons. The maximum absolute atomic E-state index is 15.0. The molecule has 1 fully saturated rings. The number of pyridine rings is 1. The first-order valence-corrected chi connectivity index (χ1v) is 17.1. The highest BCUT2D eigenvalue weighted by atomic mass is 35.5. The number of fused-ring (bicyclic) bond motifs is 1. The van der Waals surface area contributed by atoms with Crippen LogP contribution >= 0.6 is 11.6 Å². The molecule has 0 bridgehead atoms. The summed E-state index contributed by atoms with van der Waals surface area (Å²) in [5.74, 6) is -1.95. The number of ether oxygens (including phenoxy) is 2. The number of benzene rings is 3. The van der Waals surface area contributed by atoms with Gasteiger partial charge in [-0.25, -0.2) is 9.18 Å². The fourth-order valence-electron chi connectivity index (χ4n) is 6.61. The summed E-state index contributed by atoms with van der Waals surface area (Å²) in [7, 11) is 1.74. The number of esters is 1. The molecule has 4 aromatic rings. The number of aromatic nitrogens is 1. The highest BCUT2D eigenvalue weighted by molar-refractivity contribution is 6.31. The summed E-state index contributed by atoms with van der Waals surface area (Å²) < 4.78 is 26.0. The van der Waals surface area contributed by atoms with Gasteiger partial charge in [0.15, 0.2) is 0 Å². The lowest BCUT2D eigenvalue weighted by Gasteiger charge is -2.40. The fourth-order valence-corrected chi connectivity index (χ4v) is 6.78. The molecule has 50 heavy (non-hydrogen) atoms. The highest BCUT2D eigenvalue weighted by Crippen LogP contribution is 2.38. The van der Waals surface area contributed by atoms with Gasteiger partial charge in [-0.1, -0.05) is 35.9 Å². The molecule has 0 aliphatic carbocycles. The third-order valence-corrected chi connectivity index (χ3v) is 9.34. The van der Waals surface area contributed by atoms with Gasteiger partial charge in [-0.15, -0.1) is 0 Å². The van der Waals surface area contributed by atoms with E-state index in [4.69, 9.17) is 21.1 Å². The molecule has 1 saturated heterocycles. The second-order valence-electron chi connectivity index (χ2n) is 13.5. The third kappa shape index (κ3) is 7.51. The topological polar surface area (TPSA) is 101 Å². The number of methoxy groups -OCH3 is 1. The van der Waals surface area contributed by atoms with Crippen molar-refractivity contribution >= 4 is 40.8 Å². The van der Waals surface area contributed by atoms with Crippen molar-refractivity contribution in [3.8, 4) is 11.1 Å². The standard InChI is InChI=1S/C39H40ClFN4O5/c1-39(2,3)50-38(48)24-11-13-26(14-12-24)43-36(46)35-30-8-6-10-33(44-20-16-27(49-4)17-21-44)29(30)18-22-45(35)37(47)32-23-25(15-19-42-32)28-7-5-9-31(40)34(28)41/h5-15,19,23,27,35H,16-18,20-22H2,1-4H3,(H,43,46). The molecule has 3 heterocycles. The van der Waals surface area contributed by atoms with Gasteiger partial charge in [0.2, 0.25) is 0 Å². The predicted octanol–water partition coefficient (Wildman–Crippen LogP) is 7.49. The molecule has 6 rings (SSSR count). The van der Waals surface area contributed by atoms with Crippen LogP contribution in [0.4, 0.5) is 15.8 Å². The second-order valence-corrected chi connectivity index (χ2v) is 13.9. The summed E-state index contributed by atoms with van der Waals surface area (Å²) in [5.41, 5.74) is 3.67. The summed E-state index contributed by atoms with van der Waals surface area (Å²) in [5, 5.41) is 2.94. The molecule has 2 amide bonds. The van der Waals surface area contributed by atoms with Crippen LogP contribution in [0.3, 0.4) is 0 Å². The number of amides is 2. The van der Waals surface area contributed by atoms with Gasteiger partial charge in [0.05, 0.1) is 16.7 Å². The lowest BCUT2D eigenvalue weighted by Crippen LogP contribution is -2.46. The number of carbonyl (C=O) groups is 3. The van der Waals surface area contributed by atoms with Crippen molar-refractivity contribution in [2.75, 3.05) is 37.0 Å². The van der Waals surface area contributed by atoms with E-state index in [0.717, 1.165) is 42.7 Å². The Morgan fingerprint density at radius 1 is 0.960 bits per heavy atom. The van der Waals surface area contributed by atoms with Crippen molar-refractivity contribution in [3.63, 3.8) is 0 Å². The summed E-state index contributed by atoms with van der Waals surface area (Å²) in [6.07, 6.45) is 3.97. The van der Waals surface area contributed by atoms with E-state index in [1.54, 1.807) is 70.3 Å². The summed E-state index contributed by atoms with van der Waals surface area (Å²) in [6, 6.07) is 19.1. The van der Waals surface area contributed by atoms with Crippen LogP contribution in [0.25, 0.3) is 11.1 Å². The van der Waals surface area contributed by atoms with Crippen LogP contribution in [-0.4, -0.2) is 66.1 Å². The molecule has 2 aliphatic rings. The number of carbonyl (C=O) groups excluding carboxylic acids is 3. The van der Waals surface area contributed by atoms with E-state index in [0.29, 0.717) is 23.2 Å². The molecule has 0 radical (unpaired) electrons. The van der Waals surface area contributed by atoms with E-state index in [1.165, 1.54) is 23.2 Å². The highest BCUT2D eigenvalue weighted by Gasteiger charge is 2.39. The molecule has 2 aliphatic heterocycles. The van der Waals surface area contributed by atoms with Gasteiger partial charge < -0.3 is 24.6 Å². The molecule has 9 nitrogen and oxygen atoms in total. The van der Waals surface area contributed by atoms with Crippen molar-refractivity contribution in [2.24, 2.45) is 0 Å². The second kappa shape index (κ2) is 14.6. The molecule has 11 heteroatoms. The minimum absolute atomic E-state index is 0.0297. The number of nitrogens with one attached hydrogen (secondary N) is 1. The van der Waals surface area contributed by atoms with Crippen molar-refractivity contribution in [3.05, 3.63) is 112 Å². The Bertz CT molecular complexity index is 1900. The molecule has 0 saturated carbocycles. The zero-order valence-corrected chi connectivity index (χ0v) is 29.3. The summed E-state index contributed by atoms with van der Waals surface area (Å²) in [4.78, 5) is 49.4. The maximum atomic E-state index is 15.0. The van der Waals surface area contributed by atoms with E-state index in [1.807, 2.05) is 12.1 Å². The first-order chi connectivity index (χ1) is 23.9. The monoisotopic (exact) mass is 698 g/mol. The van der Waals surface area contributed by atoms with Crippen LogP contribution < -0.4 is 10.2 Å². The van der Waals surface area contributed by atoms with E-state index < -0.39 is 35.2 Å². The first kappa shape index (κ1) is 35.0. The first-order valence-electron chi connectivity index (χ1n) is 16.7. The van der Waals surface area contributed by atoms with Gasteiger partial charge in [-0.2, -0.15) is 0 Å². The average Bonchev–Trinajstić information content (AvgIpc) is 3.11. The summed E-state index contributed by atoms with van der Waals surface area (Å²) in [6.45, 7) is 7.27. The van der Waals surface area contributed by atoms with Crippen LogP contribution in [-0.2, 0) is 20.7 Å². The molecule has 1 aromatic heterocycles. The number of piperidine rings is 1. The lowest BCUT2D eigenvalue weighted by atomic mass is 9.89. The number of hydrogen-bond donors (Lipinski definition) is 1. The Balaban J connectivity index is 1.33. The number of anilines is 2. The van der Waals surface area contributed by atoms with Crippen LogP contribution in [0.5, 0.6) is 0 Å². The molecule has 0 spiro atoms. The Kier molecular flexibility index (Phi) is 10.2. The van der Waals surface area contributed by atoms with Crippen LogP contribution in [0.1, 0.15) is 71.6 Å². The lowest BCUT2D eigenvalue weighted by molar-refractivity contribution is -0.121. The zero-order valence-electron chi connectivity index (χ0n) is 28.5. The smallest absolute Gasteiger partial charge is 0.338 e. The van der Waals surface area contributed by atoms with E-state index in [-0.39, 0.29) is 28.9 Å². The third-order valence-electron chi connectivity index (χ3n) is 9.05. The van der Waals surface area contributed by atoms with E-state index in [9.17, 15) is 18.8 Å². The summed E-state index contributed by atoms with van der Waals surface area (Å²) >= 11 is 6.05. The maximum Gasteiger partial charge on any atom is 0.338 e. The Morgan fingerprint density at radius 3 is 2.38 bits per heavy atom. The van der Waals surface area contributed by atoms with E-state index in [2.05, 4.69) is 21.3 Å².